The van der Waals surface area contributed by atoms with Gasteiger partial charge in [-0.15, -0.1) is 0 Å². The second-order valence-electron chi connectivity index (χ2n) is 6.92. The predicted octanol–water partition coefficient (Wildman–Crippen LogP) is 4.59. The van der Waals surface area contributed by atoms with Crippen molar-refractivity contribution in [1.29, 1.82) is 0 Å². The van der Waals surface area contributed by atoms with Gasteiger partial charge in [-0.3, -0.25) is 14.8 Å². The van der Waals surface area contributed by atoms with Gasteiger partial charge in [0.25, 0.3) is 15.7 Å². The number of carbonyl (C=O) groups is 1. The molecule has 0 aromatic heterocycles. The Kier molecular flexibility index (Phi) is 6.45. The highest BCUT2D eigenvalue weighted by Gasteiger charge is 2.20. The van der Waals surface area contributed by atoms with Crippen LogP contribution in [0.2, 0.25) is 0 Å². The maximum Gasteiger partial charge on any atom is 0.340 e. The second-order valence-corrected chi connectivity index (χ2v) is 8.61. The van der Waals surface area contributed by atoms with Gasteiger partial charge >= 0.3 is 5.97 Å². The molecule has 0 bridgehead atoms. The highest BCUT2D eigenvalue weighted by Crippen LogP contribution is 2.31. The highest BCUT2D eigenvalue weighted by molar-refractivity contribution is 7.92. The molecule has 0 saturated carbocycles. The molecule has 3 aromatic rings. The van der Waals surface area contributed by atoms with Gasteiger partial charge in [0.15, 0.2) is 0 Å². The van der Waals surface area contributed by atoms with Crippen LogP contribution < -0.4 is 9.46 Å². The molecule has 0 aliphatic carbocycles. The number of benzene rings is 3. The van der Waals surface area contributed by atoms with Crippen molar-refractivity contribution in [1.82, 2.24) is 0 Å². The number of rotatable bonds is 7. The maximum absolute atomic E-state index is 12.7. The molecule has 0 amide bonds. The molecule has 3 aromatic carbocycles. The predicted molar refractivity (Wildman–Crippen MR) is 118 cm³/mol. The molecule has 1 N–H and O–H groups in total. The number of nitro groups is 1. The van der Waals surface area contributed by atoms with Gasteiger partial charge in [0.05, 0.1) is 28.2 Å². The fraction of sp³-hybridized carbons (Fsp3) is 0.136. The lowest BCUT2D eigenvalue weighted by molar-refractivity contribution is -0.385. The minimum Gasteiger partial charge on any atom is -0.465 e. The number of ether oxygens (including phenoxy) is 2. The number of methoxy groups -OCH3 is 1. The zero-order valence-corrected chi connectivity index (χ0v) is 18.3. The number of hydrogen-bond donors (Lipinski definition) is 1. The third kappa shape index (κ3) is 5.03. The van der Waals surface area contributed by atoms with Gasteiger partial charge in [0.2, 0.25) is 0 Å². The molecular formula is C22H20N2O7S. The van der Waals surface area contributed by atoms with Crippen LogP contribution in [0.15, 0.2) is 65.6 Å². The summed E-state index contributed by atoms with van der Waals surface area (Å²) in [7, 11) is -2.77. The van der Waals surface area contributed by atoms with Gasteiger partial charge in [0, 0.05) is 11.6 Å². The fourth-order valence-corrected chi connectivity index (χ4v) is 3.99. The summed E-state index contributed by atoms with van der Waals surface area (Å²) in [6.07, 6.45) is 0. The Bertz CT molecular complexity index is 1290. The van der Waals surface area contributed by atoms with E-state index in [2.05, 4.69) is 4.72 Å². The number of nitrogens with zero attached hydrogens (tertiary/aromatic N) is 1. The standard InChI is InChI=1S/C22H20N2O7S/c1-14-4-8-18(9-5-14)32(28,29)23-20-10-6-17(13-19(20)22(25)30-3)31-16-7-11-21(24(26)27)15(2)12-16/h4-13,23H,1-3H3. The Morgan fingerprint density at radius 2 is 1.59 bits per heavy atom. The molecule has 0 saturated heterocycles. The molecule has 0 atom stereocenters. The first-order valence-electron chi connectivity index (χ1n) is 9.35. The summed E-state index contributed by atoms with van der Waals surface area (Å²) >= 11 is 0. The Balaban J connectivity index is 1.92. The van der Waals surface area contributed by atoms with E-state index >= 15 is 0 Å². The molecule has 0 unspecified atom stereocenters. The minimum atomic E-state index is -3.95. The molecular weight excluding hydrogens is 436 g/mol. The smallest absolute Gasteiger partial charge is 0.340 e. The number of nitro benzene ring substituents is 1. The van der Waals surface area contributed by atoms with Gasteiger partial charge in [-0.1, -0.05) is 17.7 Å². The molecule has 0 aliphatic heterocycles. The summed E-state index contributed by atoms with van der Waals surface area (Å²) in [6, 6.07) is 14.7. The summed E-state index contributed by atoms with van der Waals surface area (Å²) < 4.78 is 38.3. The first-order chi connectivity index (χ1) is 15.1. The molecule has 0 aliphatic rings. The van der Waals surface area contributed by atoms with Crippen LogP contribution in [0.1, 0.15) is 21.5 Å². The second kappa shape index (κ2) is 9.06. The van der Waals surface area contributed by atoms with Crippen LogP contribution in [-0.4, -0.2) is 26.4 Å². The number of esters is 1. The van der Waals surface area contributed by atoms with Crippen LogP contribution >= 0.6 is 0 Å². The first-order valence-corrected chi connectivity index (χ1v) is 10.8. The van der Waals surface area contributed by atoms with Crippen molar-refractivity contribution in [2.24, 2.45) is 0 Å². The first kappa shape index (κ1) is 22.8. The Hall–Kier alpha value is -3.92. The summed E-state index contributed by atoms with van der Waals surface area (Å²) in [5, 5.41) is 11.0. The van der Waals surface area contributed by atoms with Crippen molar-refractivity contribution >= 4 is 27.4 Å². The highest BCUT2D eigenvalue weighted by atomic mass is 32.2. The number of anilines is 1. The Morgan fingerprint density at radius 3 is 2.19 bits per heavy atom. The van der Waals surface area contributed by atoms with E-state index in [0.29, 0.717) is 11.3 Å². The van der Waals surface area contributed by atoms with Crippen LogP contribution in [-0.2, 0) is 14.8 Å². The average molecular weight is 456 g/mol. The molecule has 10 heteroatoms. The molecule has 3 rings (SSSR count). The molecule has 0 heterocycles. The van der Waals surface area contributed by atoms with Crippen LogP contribution in [0.25, 0.3) is 0 Å². The van der Waals surface area contributed by atoms with Crippen LogP contribution in [0.5, 0.6) is 11.5 Å². The van der Waals surface area contributed by atoms with Crippen molar-refractivity contribution in [3.05, 3.63) is 87.5 Å². The van der Waals surface area contributed by atoms with E-state index in [4.69, 9.17) is 9.47 Å². The summed E-state index contributed by atoms with van der Waals surface area (Å²) in [6.45, 7) is 3.41. The zero-order valence-electron chi connectivity index (χ0n) is 17.5. The van der Waals surface area contributed by atoms with E-state index in [1.54, 1.807) is 19.1 Å². The van der Waals surface area contributed by atoms with Crippen LogP contribution in [0, 0.1) is 24.0 Å². The maximum atomic E-state index is 12.7. The summed E-state index contributed by atoms with van der Waals surface area (Å²) in [4.78, 5) is 22.8. The van der Waals surface area contributed by atoms with E-state index in [9.17, 15) is 23.3 Å². The van der Waals surface area contributed by atoms with Gasteiger partial charge < -0.3 is 9.47 Å². The molecule has 0 radical (unpaired) electrons. The quantitative estimate of drug-likeness (QED) is 0.313. The molecule has 0 spiro atoms. The van der Waals surface area contributed by atoms with Crippen molar-refractivity contribution in [3.8, 4) is 11.5 Å². The third-order valence-corrected chi connectivity index (χ3v) is 5.95. The normalized spacial score (nSPS) is 11.0. The lowest BCUT2D eigenvalue weighted by Gasteiger charge is -2.14. The number of hydrogen-bond acceptors (Lipinski definition) is 7. The van der Waals surface area contributed by atoms with Crippen molar-refractivity contribution in [2.45, 2.75) is 18.7 Å². The van der Waals surface area contributed by atoms with Gasteiger partial charge in [-0.25, -0.2) is 13.2 Å². The fourth-order valence-electron chi connectivity index (χ4n) is 2.91. The van der Waals surface area contributed by atoms with Crippen molar-refractivity contribution < 1.29 is 27.6 Å². The molecule has 32 heavy (non-hydrogen) atoms. The van der Waals surface area contributed by atoms with E-state index in [0.717, 1.165) is 5.56 Å². The number of nitrogens with one attached hydrogen (secondary N) is 1. The molecule has 0 fully saturated rings. The third-order valence-electron chi connectivity index (χ3n) is 4.57. The minimum absolute atomic E-state index is 0.0182. The van der Waals surface area contributed by atoms with E-state index in [1.807, 2.05) is 6.92 Å². The largest absolute Gasteiger partial charge is 0.465 e. The topological polar surface area (TPSA) is 125 Å². The Labute approximate surface area is 184 Å². The van der Waals surface area contributed by atoms with E-state index < -0.39 is 20.9 Å². The van der Waals surface area contributed by atoms with Crippen molar-refractivity contribution in [3.63, 3.8) is 0 Å². The van der Waals surface area contributed by atoms with Gasteiger partial charge in [0.1, 0.15) is 11.5 Å². The number of sulfonamides is 1. The lowest BCUT2D eigenvalue weighted by atomic mass is 10.1. The number of carbonyl (C=O) groups excluding carboxylic acids is 1. The van der Waals surface area contributed by atoms with Crippen LogP contribution in [0.4, 0.5) is 11.4 Å². The zero-order chi connectivity index (χ0) is 23.5. The monoisotopic (exact) mass is 456 g/mol. The molecule has 166 valence electrons. The van der Waals surface area contributed by atoms with Crippen molar-refractivity contribution in [2.75, 3.05) is 11.8 Å². The number of aryl methyl sites for hydroxylation is 2. The summed E-state index contributed by atoms with van der Waals surface area (Å²) in [5.41, 5.74) is 1.22. The summed E-state index contributed by atoms with van der Waals surface area (Å²) in [5.74, 6) is -0.231. The van der Waals surface area contributed by atoms with Gasteiger partial charge in [-0.05, 0) is 56.3 Å². The van der Waals surface area contributed by atoms with Gasteiger partial charge in [-0.2, -0.15) is 0 Å². The van der Waals surface area contributed by atoms with E-state index in [1.165, 1.54) is 55.6 Å². The molecule has 9 nitrogen and oxygen atoms in total. The SMILES string of the molecule is COC(=O)c1cc(Oc2ccc([N+](=O)[O-])c(C)c2)ccc1NS(=O)(=O)c1ccc(C)cc1. The van der Waals surface area contributed by atoms with Crippen LogP contribution in [0.3, 0.4) is 0 Å². The Morgan fingerprint density at radius 1 is 0.969 bits per heavy atom. The van der Waals surface area contributed by atoms with E-state index in [-0.39, 0.29) is 27.6 Å². The lowest BCUT2D eigenvalue weighted by Crippen LogP contribution is -2.16. The average Bonchev–Trinajstić information content (AvgIpc) is 2.74.